The quantitative estimate of drug-likeness (QED) is 0.860. The van der Waals surface area contributed by atoms with Crippen molar-refractivity contribution in [1.82, 2.24) is 10.2 Å². The predicted octanol–water partition coefficient (Wildman–Crippen LogP) is 3.36. The van der Waals surface area contributed by atoms with E-state index in [4.69, 9.17) is 0 Å². The van der Waals surface area contributed by atoms with E-state index in [1.807, 2.05) is 24.5 Å². The van der Waals surface area contributed by atoms with Gasteiger partial charge in [0.15, 0.2) is 0 Å². The molecule has 0 aliphatic carbocycles. The van der Waals surface area contributed by atoms with Crippen molar-refractivity contribution in [3.8, 4) is 0 Å². The molecule has 1 aromatic rings. The first-order valence-electron chi connectivity index (χ1n) is 7.83. The number of hydrogen-bond donors (Lipinski definition) is 1. The fraction of sp³-hybridized carbons (Fsp3) is 0.588. The largest absolute Gasteiger partial charge is 0.341 e. The molecule has 1 amide bonds. The summed E-state index contributed by atoms with van der Waals surface area (Å²) in [4.78, 5) is 14.8. The highest BCUT2D eigenvalue weighted by atomic mass is 35.5. The van der Waals surface area contributed by atoms with Crippen LogP contribution in [0.4, 0.5) is 0 Å². The van der Waals surface area contributed by atoms with E-state index < -0.39 is 0 Å². The Hall–Kier alpha value is -0.710. The van der Waals surface area contributed by atoms with Crippen molar-refractivity contribution in [2.45, 2.75) is 25.0 Å². The molecule has 0 saturated carbocycles. The molecule has 124 valence electrons. The van der Waals surface area contributed by atoms with Crippen molar-refractivity contribution in [3.63, 3.8) is 0 Å². The zero-order valence-corrected chi connectivity index (χ0v) is 15.1. The molecule has 1 aliphatic rings. The number of nitrogens with one attached hydrogen (secondary N) is 1. The topological polar surface area (TPSA) is 32.3 Å². The maximum Gasteiger partial charge on any atom is 0.240 e. The van der Waals surface area contributed by atoms with Crippen molar-refractivity contribution in [2.24, 2.45) is 5.92 Å². The summed E-state index contributed by atoms with van der Waals surface area (Å²) in [5.74, 6) is 0.994. The molecular weight excluding hydrogens is 316 g/mol. The molecule has 1 atom stereocenters. The van der Waals surface area contributed by atoms with Crippen LogP contribution >= 0.6 is 24.2 Å². The molecule has 5 heteroatoms. The van der Waals surface area contributed by atoms with Crippen LogP contribution in [0.2, 0.25) is 0 Å². The summed E-state index contributed by atoms with van der Waals surface area (Å²) < 4.78 is 0. The van der Waals surface area contributed by atoms with Crippen molar-refractivity contribution in [1.29, 1.82) is 0 Å². The molecule has 1 heterocycles. The molecule has 3 nitrogen and oxygen atoms in total. The number of piperidine rings is 1. The van der Waals surface area contributed by atoms with Crippen molar-refractivity contribution < 1.29 is 4.79 Å². The first-order valence-corrected chi connectivity index (χ1v) is 9.12. The third kappa shape index (κ3) is 5.18. The van der Waals surface area contributed by atoms with Gasteiger partial charge in [-0.05, 0) is 43.7 Å². The third-order valence-corrected chi connectivity index (χ3v) is 5.12. The maximum absolute atomic E-state index is 12.7. The van der Waals surface area contributed by atoms with E-state index in [0.717, 1.165) is 50.5 Å². The van der Waals surface area contributed by atoms with Gasteiger partial charge in [0, 0.05) is 13.1 Å². The number of halogens is 1. The average Bonchev–Trinajstić information content (AvgIpc) is 2.55. The number of carbonyl (C=O) groups is 1. The van der Waals surface area contributed by atoms with E-state index in [0.29, 0.717) is 0 Å². The van der Waals surface area contributed by atoms with E-state index in [2.05, 4.69) is 29.3 Å². The molecule has 0 bridgehead atoms. The first-order chi connectivity index (χ1) is 10.3. The maximum atomic E-state index is 12.7. The molecule has 1 aliphatic heterocycles. The molecule has 1 aromatic carbocycles. The lowest BCUT2D eigenvalue weighted by Gasteiger charge is -2.34. The summed E-state index contributed by atoms with van der Waals surface area (Å²) in [6, 6.07) is 10.1. The van der Waals surface area contributed by atoms with Crippen molar-refractivity contribution in [2.75, 3.05) is 32.4 Å². The van der Waals surface area contributed by atoms with E-state index >= 15 is 0 Å². The number of hydrogen-bond acceptors (Lipinski definition) is 3. The summed E-state index contributed by atoms with van der Waals surface area (Å²) in [7, 11) is 0. The highest BCUT2D eigenvalue weighted by Crippen LogP contribution is 2.30. The van der Waals surface area contributed by atoms with E-state index in [1.165, 1.54) is 0 Å². The summed E-state index contributed by atoms with van der Waals surface area (Å²) in [5.41, 5.74) is 1.12. The minimum Gasteiger partial charge on any atom is -0.341 e. The van der Waals surface area contributed by atoms with E-state index in [1.54, 1.807) is 11.8 Å². The Labute approximate surface area is 144 Å². The lowest BCUT2D eigenvalue weighted by atomic mass is 9.96. The minimum atomic E-state index is -0.0588. The lowest BCUT2D eigenvalue weighted by molar-refractivity contribution is -0.132. The first kappa shape index (κ1) is 19.3. The summed E-state index contributed by atoms with van der Waals surface area (Å²) >= 11 is 1.64. The van der Waals surface area contributed by atoms with Crippen molar-refractivity contribution >= 4 is 30.1 Å². The predicted molar refractivity (Wildman–Crippen MR) is 97.8 cm³/mol. The van der Waals surface area contributed by atoms with Crippen LogP contribution in [0.3, 0.4) is 0 Å². The molecule has 22 heavy (non-hydrogen) atoms. The monoisotopic (exact) mass is 342 g/mol. The number of rotatable bonds is 6. The summed E-state index contributed by atoms with van der Waals surface area (Å²) in [5, 5.41) is 3.36. The fourth-order valence-electron chi connectivity index (χ4n) is 2.88. The van der Waals surface area contributed by atoms with Gasteiger partial charge in [0.2, 0.25) is 5.91 Å². The van der Waals surface area contributed by atoms with Crippen LogP contribution in [0.25, 0.3) is 0 Å². The second-order valence-electron chi connectivity index (χ2n) is 5.60. The Bertz CT molecular complexity index is 436. The Morgan fingerprint density at radius 1 is 1.32 bits per heavy atom. The molecule has 1 N–H and O–H groups in total. The normalized spacial score (nSPS) is 16.9. The van der Waals surface area contributed by atoms with Crippen LogP contribution in [0.15, 0.2) is 30.3 Å². The van der Waals surface area contributed by atoms with Gasteiger partial charge in [0.25, 0.3) is 0 Å². The Morgan fingerprint density at radius 3 is 2.50 bits per heavy atom. The fourth-order valence-corrected chi connectivity index (χ4v) is 3.66. The van der Waals surface area contributed by atoms with E-state index in [9.17, 15) is 4.79 Å². The van der Waals surface area contributed by atoms with Gasteiger partial charge >= 0.3 is 0 Å². The van der Waals surface area contributed by atoms with Gasteiger partial charge in [-0.25, -0.2) is 0 Å². The minimum absolute atomic E-state index is 0. The molecule has 2 rings (SSSR count). The van der Waals surface area contributed by atoms with Crippen LogP contribution < -0.4 is 5.32 Å². The SMILES string of the molecule is CCNCC1CCN(C(=O)C(SC)c2ccccc2)CC1.Cl. The number of nitrogens with zero attached hydrogens (tertiary/aromatic N) is 1. The number of benzene rings is 1. The molecular formula is C17H27ClN2OS. The van der Waals surface area contributed by atoms with Crippen LogP contribution in [0.1, 0.15) is 30.6 Å². The molecule has 0 radical (unpaired) electrons. The third-order valence-electron chi connectivity index (χ3n) is 4.17. The van der Waals surface area contributed by atoms with Gasteiger partial charge in [0.1, 0.15) is 5.25 Å². The van der Waals surface area contributed by atoms with Crippen molar-refractivity contribution in [3.05, 3.63) is 35.9 Å². The summed E-state index contributed by atoms with van der Waals surface area (Å²) in [6.07, 6.45) is 4.26. The van der Waals surface area contributed by atoms with Gasteiger partial charge in [-0.1, -0.05) is 37.3 Å². The molecule has 1 unspecified atom stereocenters. The zero-order valence-electron chi connectivity index (χ0n) is 13.5. The van der Waals surface area contributed by atoms with Gasteiger partial charge < -0.3 is 10.2 Å². The highest BCUT2D eigenvalue weighted by molar-refractivity contribution is 7.99. The van der Waals surface area contributed by atoms with Gasteiger partial charge in [-0.3, -0.25) is 4.79 Å². The van der Waals surface area contributed by atoms with Gasteiger partial charge in [0.05, 0.1) is 0 Å². The van der Waals surface area contributed by atoms with Crippen LogP contribution in [0.5, 0.6) is 0 Å². The number of amides is 1. The highest BCUT2D eigenvalue weighted by Gasteiger charge is 2.28. The summed E-state index contributed by atoms with van der Waals surface area (Å²) in [6.45, 7) is 6.06. The van der Waals surface area contributed by atoms with E-state index in [-0.39, 0.29) is 23.6 Å². The second kappa shape index (κ2) is 10.1. The van der Waals surface area contributed by atoms with Gasteiger partial charge in [-0.15, -0.1) is 24.2 Å². The van der Waals surface area contributed by atoms with Crippen LogP contribution in [0, 0.1) is 5.92 Å². The smallest absolute Gasteiger partial charge is 0.240 e. The Morgan fingerprint density at radius 2 is 1.95 bits per heavy atom. The van der Waals surface area contributed by atoms with Crippen LogP contribution in [-0.4, -0.2) is 43.2 Å². The number of carbonyl (C=O) groups excluding carboxylic acids is 1. The lowest BCUT2D eigenvalue weighted by Crippen LogP contribution is -2.42. The van der Waals surface area contributed by atoms with Crippen LogP contribution in [-0.2, 0) is 4.79 Å². The molecule has 1 saturated heterocycles. The number of thioether (sulfide) groups is 1. The molecule has 1 fully saturated rings. The zero-order chi connectivity index (χ0) is 15.1. The standard InChI is InChI=1S/C17H26N2OS.ClH/c1-3-18-13-14-9-11-19(12-10-14)17(20)16(21-2)15-7-5-4-6-8-15;/h4-8,14,16,18H,3,9-13H2,1-2H3;1H. The number of likely N-dealkylation sites (tertiary alicyclic amines) is 1. The Kier molecular flexibility index (Phi) is 8.91. The molecule has 0 aromatic heterocycles. The average molecular weight is 343 g/mol. The Balaban J connectivity index is 0.00000242. The van der Waals surface area contributed by atoms with Gasteiger partial charge in [-0.2, -0.15) is 0 Å². The molecule has 0 spiro atoms. The second-order valence-corrected chi connectivity index (χ2v) is 6.55.